The van der Waals surface area contributed by atoms with E-state index >= 15 is 0 Å². The van der Waals surface area contributed by atoms with Gasteiger partial charge in [-0.25, -0.2) is 4.79 Å². The van der Waals surface area contributed by atoms with Crippen molar-refractivity contribution in [1.82, 2.24) is 10.2 Å². The Morgan fingerprint density at radius 2 is 2.05 bits per heavy atom. The highest BCUT2D eigenvalue weighted by atomic mass is 35.5. The minimum atomic E-state index is -0.901. The SMILES string of the molecule is CCC(CNC(=O)N(C)Cc1ccccc1Cl)C(=O)O. The number of hydrogen-bond acceptors (Lipinski definition) is 2. The minimum absolute atomic E-state index is 0.123. The average molecular weight is 299 g/mol. The molecule has 0 fully saturated rings. The van der Waals surface area contributed by atoms with Crippen LogP contribution in [0.15, 0.2) is 24.3 Å². The van der Waals surface area contributed by atoms with Gasteiger partial charge in [-0.3, -0.25) is 4.79 Å². The maximum Gasteiger partial charge on any atom is 0.317 e. The first kappa shape index (κ1) is 16.3. The highest BCUT2D eigenvalue weighted by molar-refractivity contribution is 6.31. The van der Waals surface area contributed by atoms with Crippen molar-refractivity contribution in [3.05, 3.63) is 34.9 Å². The number of halogens is 1. The number of nitrogens with zero attached hydrogens (tertiary/aromatic N) is 1. The average Bonchev–Trinajstić information content (AvgIpc) is 2.41. The zero-order chi connectivity index (χ0) is 15.1. The molecule has 1 unspecified atom stereocenters. The van der Waals surface area contributed by atoms with Crippen molar-refractivity contribution in [3.63, 3.8) is 0 Å². The lowest BCUT2D eigenvalue weighted by atomic mass is 10.1. The molecule has 110 valence electrons. The Bertz CT molecular complexity index is 479. The number of hydrogen-bond donors (Lipinski definition) is 2. The van der Waals surface area contributed by atoms with Crippen molar-refractivity contribution < 1.29 is 14.7 Å². The number of amides is 2. The van der Waals surface area contributed by atoms with E-state index in [0.29, 0.717) is 18.0 Å². The molecule has 0 aromatic heterocycles. The zero-order valence-corrected chi connectivity index (χ0v) is 12.4. The van der Waals surface area contributed by atoms with Crippen LogP contribution in [0.3, 0.4) is 0 Å². The van der Waals surface area contributed by atoms with Gasteiger partial charge in [0.05, 0.1) is 5.92 Å². The lowest BCUT2D eigenvalue weighted by molar-refractivity contribution is -0.141. The summed E-state index contributed by atoms with van der Waals surface area (Å²) < 4.78 is 0. The second kappa shape index (κ2) is 7.75. The second-order valence-corrected chi connectivity index (χ2v) is 4.98. The maximum atomic E-state index is 11.9. The van der Waals surface area contributed by atoms with Gasteiger partial charge in [0.25, 0.3) is 0 Å². The van der Waals surface area contributed by atoms with E-state index in [2.05, 4.69) is 5.32 Å². The van der Waals surface area contributed by atoms with Crippen LogP contribution in [0.5, 0.6) is 0 Å². The largest absolute Gasteiger partial charge is 0.481 e. The lowest BCUT2D eigenvalue weighted by Crippen LogP contribution is -2.40. The van der Waals surface area contributed by atoms with Crippen molar-refractivity contribution >= 4 is 23.6 Å². The standard InChI is InChI=1S/C14H19ClN2O3/c1-3-10(13(18)19)8-16-14(20)17(2)9-11-6-4-5-7-12(11)15/h4-7,10H,3,8-9H2,1-2H3,(H,16,20)(H,18,19). The molecule has 2 N–H and O–H groups in total. The number of nitrogens with one attached hydrogen (secondary N) is 1. The van der Waals surface area contributed by atoms with Crippen molar-refractivity contribution in [2.24, 2.45) is 5.92 Å². The van der Waals surface area contributed by atoms with Gasteiger partial charge in [0.15, 0.2) is 0 Å². The number of carboxylic acids is 1. The first-order valence-corrected chi connectivity index (χ1v) is 6.78. The Morgan fingerprint density at radius 1 is 1.40 bits per heavy atom. The molecule has 0 spiro atoms. The summed E-state index contributed by atoms with van der Waals surface area (Å²) in [6.07, 6.45) is 0.476. The van der Waals surface area contributed by atoms with E-state index in [-0.39, 0.29) is 12.6 Å². The fraction of sp³-hybridized carbons (Fsp3) is 0.429. The maximum absolute atomic E-state index is 11.9. The number of aliphatic carboxylic acids is 1. The molecule has 6 heteroatoms. The van der Waals surface area contributed by atoms with E-state index in [1.54, 1.807) is 20.0 Å². The van der Waals surface area contributed by atoms with Gasteiger partial charge >= 0.3 is 12.0 Å². The Morgan fingerprint density at radius 3 is 2.60 bits per heavy atom. The van der Waals surface area contributed by atoms with E-state index in [9.17, 15) is 9.59 Å². The molecule has 0 saturated carbocycles. The van der Waals surface area contributed by atoms with Crippen molar-refractivity contribution in [1.29, 1.82) is 0 Å². The highest BCUT2D eigenvalue weighted by Crippen LogP contribution is 2.16. The Kier molecular flexibility index (Phi) is 6.31. The number of rotatable bonds is 6. The fourth-order valence-corrected chi connectivity index (χ4v) is 1.90. The molecule has 0 radical (unpaired) electrons. The summed E-state index contributed by atoms with van der Waals surface area (Å²) in [6.45, 7) is 2.27. The van der Waals surface area contributed by atoms with Gasteiger partial charge in [-0.1, -0.05) is 36.7 Å². The quantitative estimate of drug-likeness (QED) is 0.848. The highest BCUT2D eigenvalue weighted by Gasteiger charge is 2.17. The number of benzene rings is 1. The number of urea groups is 1. The van der Waals surface area contributed by atoms with Crippen LogP contribution in [-0.4, -0.2) is 35.6 Å². The molecule has 5 nitrogen and oxygen atoms in total. The van der Waals surface area contributed by atoms with Gasteiger partial charge in [0, 0.05) is 25.2 Å². The van der Waals surface area contributed by atoms with Crippen LogP contribution in [0.4, 0.5) is 4.79 Å². The lowest BCUT2D eigenvalue weighted by Gasteiger charge is -2.20. The summed E-state index contributed by atoms with van der Waals surface area (Å²) in [7, 11) is 1.64. The molecule has 1 aromatic rings. The second-order valence-electron chi connectivity index (χ2n) is 4.58. The minimum Gasteiger partial charge on any atom is -0.481 e. The van der Waals surface area contributed by atoms with E-state index < -0.39 is 11.9 Å². The molecule has 0 bridgehead atoms. The predicted molar refractivity (Wildman–Crippen MR) is 77.7 cm³/mol. The number of carbonyl (C=O) groups is 2. The first-order valence-electron chi connectivity index (χ1n) is 6.40. The normalized spacial score (nSPS) is 11.8. The first-order chi connectivity index (χ1) is 9.45. The van der Waals surface area contributed by atoms with Gasteiger partial charge in [-0.15, -0.1) is 0 Å². The molecular weight excluding hydrogens is 280 g/mol. The molecule has 1 aromatic carbocycles. The molecule has 0 aliphatic heterocycles. The van der Waals surface area contributed by atoms with Crippen molar-refractivity contribution in [3.8, 4) is 0 Å². The Balaban J connectivity index is 2.51. The van der Waals surface area contributed by atoms with Crippen LogP contribution in [-0.2, 0) is 11.3 Å². The monoisotopic (exact) mass is 298 g/mol. The number of carboxylic acid groups (broad SMARTS) is 1. The van der Waals surface area contributed by atoms with E-state index in [0.717, 1.165) is 5.56 Å². The van der Waals surface area contributed by atoms with E-state index in [1.165, 1.54) is 4.90 Å². The van der Waals surface area contributed by atoms with Crippen LogP contribution in [0.25, 0.3) is 0 Å². The third kappa shape index (κ3) is 4.74. The summed E-state index contributed by atoms with van der Waals surface area (Å²) in [6, 6.07) is 6.97. The Hall–Kier alpha value is -1.75. The third-order valence-electron chi connectivity index (χ3n) is 3.05. The van der Waals surface area contributed by atoms with E-state index in [4.69, 9.17) is 16.7 Å². The molecule has 0 aliphatic rings. The Labute approximate surface area is 123 Å². The van der Waals surface area contributed by atoms with Crippen molar-refractivity contribution in [2.45, 2.75) is 19.9 Å². The van der Waals surface area contributed by atoms with Gasteiger partial charge in [-0.2, -0.15) is 0 Å². The number of carbonyl (C=O) groups excluding carboxylic acids is 1. The summed E-state index contributed by atoms with van der Waals surface area (Å²) in [5.74, 6) is -1.46. The predicted octanol–water partition coefficient (Wildman–Crippen LogP) is 2.59. The summed E-state index contributed by atoms with van der Waals surface area (Å²) >= 11 is 6.03. The van der Waals surface area contributed by atoms with Gasteiger partial charge in [0.2, 0.25) is 0 Å². The smallest absolute Gasteiger partial charge is 0.317 e. The van der Waals surface area contributed by atoms with Crippen LogP contribution < -0.4 is 5.32 Å². The molecule has 0 heterocycles. The van der Waals surface area contributed by atoms with Gasteiger partial charge in [-0.05, 0) is 18.1 Å². The molecule has 20 heavy (non-hydrogen) atoms. The summed E-state index contributed by atoms with van der Waals surface area (Å²) in [5.41, 5.74) is 0.845. The van der Waals surface area contributed by atoms with Gasteiger partial charge in [0.1, 0.15) is 0 Å². The molecule has 1 atom stereocenters. The molecular formula is C14H19ClN2O3. The zero-order valence-electron chi connectivity index (χ0n) is 11.6. The summed E-state index contributed by atoms with van der Waals surface area (Å²) in [5, 5.41) is 12.1. The molecule has 0 saturated heterocycles. The van der Waals surface area contributed by atoms with Crippen molar-refractivity contribution in [2.75, 3.05) is 13.6 Å². The molecule has 0 aliphatic carbocycles. The molecule has 2 amide bonds. The fourth-order valence-electron chi connectivity index (χ4n) is 1.71. The van der Waals surface area contributed by atoms with Crippen LogP contribution >= 0.6 is 11.6 Å². The topological polar surface area (TPSA) is 69.6 Å². The summed E-state index contributed by atoms with van der Waals surface area (Å²) in [4.78, 5) is 24.2. The molecule has 1 rings (SSSR count). The van der Waals surface area contributed by atoms with Gasteiger partial charge < -0.3 is 15.3 Å². The van der Waals surface area contributed by atoms with Crippen LogP contribution in [0.2, 0.25) is 5.02 Å². The third-order valence-corrected chi connectivity index (χ3v) is 3.42. The van der Waals surface area contributed by atoms with Crippen LogP contribution in [0, 0.1) is 5.92 Å². The van der Waals surface area contributed by atoms with Crippen LogP contribution in [0.1, 0.15) is 18.9 Å². The van der Waals surface area contributed by atoms with E-state index in [1.807, 2.05) is 18.2 Å².